The summed E-state index contributed by atoms with van der Waals surface area (Å²) < 4.78 is 0. The monoisotopic (exact) mass is 235 g/mol. The van der Waals surface area contributed by atoms with Crippen LogP contribution in [0.4, 0.5) is 0 Å². The summed E-state index contributed by atoms with van der Waals surface area (Å²) in [5.74, 6) is 0. The van der Waals surface area contributed by atoms with Crippen LogP contribution in [0.15, 0.2) is 24.8 Å². The Morgan fingerprint density at radius 3 is 0.875 bits per heavy atom. The largest absolute Gasteiger partial charge is 0.344 e. The van der Waals surface area contributed by atoms with E-state index in [-0.39, 0.29) is 7.58 Å². The zero-order valence-corrected chi connectivity index (χ0v) is 13.6. The van der Waals surface area contributed by atoms with Gasteiger partial charge in [-0.05, 0) is 20.8 Å². The van der Waals surface area contributed by atoms with Crippen molar-refractivity contribution >= 4 is 0 Å². The van der Waals surface area contributed by atoms with Crippen molar-refractivity contribution in [3.05, 3.63) is 24.8 Å². The van der Waals surface area contributed by atoms with Crippen LogP contribution in [0.3, 0.4) is 0 Å². The molecule has 16 heavy (non-hydrogen) atoms. The Balaban J connectivity index is -0.0000000145. The first kappa shape index (κ1) is 36.1. The Morgan fingerprint density at radius 1 is 0.812 bits per heavy atom. The van der Waals surface area contributed by atoms with Crippen molar-refractivity contribution in [3.8, 4) is 0 Å². The van der Waals surface area contributed by atoms with Gasteiger partial charge in [-0.1, -0.05) is 72.6 Å². The minimum absolute atomic E-state index is 0. The van der Waals surface area contributed by atoms with Crippen LogP contribution in [-0.4, -0.2) is 0 Å². The summed E-state index contributed by atoms with van der Waals surface area (Å²) in [7, 11) is 0. The normalized spacial score (nSPS) is 5.81. The van der Waals surface area contributed by atoms with Gasteiger partial charge in [-0.3, -0.25) is 0 Å². The standard InChI is InChI=1S/C4H8.2C3H8.C3H6.C2H6.H3N.H2/c1-3-4-2;3*1-3-2;1-2;;/h3-4H,1-2H3;2*3H2,1-2H3;3H,1H2,2H3;1-2H3;1H3;1H/b4-3-;;;;;;. The van der Waals surface area contributed by atoms with Gasteiger partial charge in [0.2, 0.25) is 0 Å². The second kappa shape index (κ2) is 132. The molecule has 0 rings (SSSR count). The molecule has 106 valence electrons. The maximum absolute atomic E-state index is 3.36. The SMILES string of the molecule is C/C=C\C.C=CC.CC.CCC.CCC.N.[HH]. The van der Waals surface area contributed by atoms with Gasteiger partial charge in [-0.2, -0.15) is 0 Å². The van der Waals surface area contributed by atoms with Gasteiger partial charge in [-0.15, -0.1) is 6.58 Å². The Hall–Kier alpha value is -0.560. The van der Waals surface area contributed by atoms with E-state index in [9.17, 15) is 0 Å². The number of rotatable bonds is 0. The van der Waals surface area contributed by atoms with E-state index in [1.165, 1.54) is 12.8 Å². The molecule has 0 heterocycles. The lowest BCUT2D eigenvalue weighted by atomic mass is 10.6. The minimum atomic E-state index is 0. The molecule has 0 aromatic heterocycles. The molecule has 0 atom stereocenters. The fourth-order valence-electron chi connectivity index (χ4n) is 0. The molecule has 0 amide bonds. The van der Waals surface area contributed by atoms with Crippen LogP contribution < -0.4 is 6.15 Å². The third-order valence-electron chi connectivity index (χ3n) is 0.333. The lowest BCUT2D eigenvalue weighted by Gasteiger charge is -1.49. The first-order valence-electron chi connectivity index (χ1n) is 6.30. The number of allylic oxidation sites excluding steroid dienone is 3. The van der Waals surface area contributed by atoms with Crippen molar-refractivity contribution < 1.29 is 1.43 Å². The van der Waals surface area contributed by atoms with E-state index in [1.807, 2.05) is 46.8 Å². The molecule has 0 unspecified atom stereocenters. The zero-order chi connectivity index (χ0) is 13.5. The lowest BCUT2D eigenvalue weighted by Crippen LogP contribution is -1.27. The van der Waals surface area contributed by atoms with Crippen molar-refractivity contribution in [2.45, 2.75) is 75.2 Å². The molecule has 0 radical (unpaired) electrons. The molecule has 0 aliphatic carbocycles. The molecule has 0 aromatic rings. The molecule has 0 saturated carbocycles. The average Bonchev–Trinajstić information content (AvgIpc) is 2.24. The van der Waals surface area contributed by atoms with Crippen LogP contribution in [0.5, 0.6) is 0 Å². The van der Waals surface area contributed by atoms with Crippen molar-refractivity contribution in [2.75, 3.05) is 0 Å². The summed E-state index contributed by atoms with van der Waals surface area (Å²) in [5.41, 5.74) is 0. The van der Waals surface area contributed by atoms with Crippen LogP contribution >= 0.6 is 0 Å². The molecule has 0 saturated heterocycles. The Labute approximate surface area is 108 Å². The highest BCUT2D eigenvalue weighted by Crippen LogP contribution is 1.57. The van der Waals surface area contributed by atoms with Gasteiger partial charge in [-0.25, -0.2) is 0 Å². The molecule has 3 N–H and O–H groups in total. The Kier molecular flexibility index (Phi) is 299. The van der Waals surface area contributed by atoms with Crippen molar-refractivity contribution in [2.24, 2.45) is 0 Å². The van der Waals surface area contributed by atoms with Gasteiger partial charge < -0.3 is 6.15 Å². The lowest BCUT2D eigenvalue weighted by molar-refractivity contribution is 1.09. The predicted molar refractivity (Wildman–Crippen MR) is 86.8 cm³/mol. The van der Waals surface area contributed by atoms with Gasteiger partial charge in [0.25, 0.3) is 0 Å². The average molecular weight is 235 g/mol. The van der Waals surface area contributed by atoms with Crippen LogP contribution in [0.2, 0.25) is 0 Å². The summed E-state index contributed by atoms with van der Waals surface area (Å²) in [6.07, 6.45) is 8.25. The third-order valence-corrected chi connectivity index (χ3v) is 0.333. The van der Waals surface area contributed by atoms with Crippen molar-refractivity contribution in [1.29, 1.82) is 0 Å². The molecule has 0 aromatic carbocycles. The van der Waals surface area contributed by atoms with Gasteiger partial charge >= 0.3 is 0 Å². The topological polar surface area (TPSA) is 35.0 Å². The summed E-state index contributed by atoms with van der Waals surface area (Å²) in [6, 6.07) is 0. The molecular formula is C15H41N. The second-order valence-electron chi connectivity index (χ2n) is 2.49. The summed E-state index contributed by atoms with van der Waals surface area (Å²) in [6.45, 7) is 21.8. The minimum Gasteiger partial charge on any atom is -0.344 e. The molecule has 0 aliphatic rings. The van der Waals surface area contributed by atoms with E-state index in [2.05, 4.69) is 34.3 Å². The van der Waals surface area contributed by atoms with E-state index in [0.717, 1.165) is 0 Å². The maximum atomic E-state index is 3.36. The second-order valence-corrected chi connectivity index (χ2v) is 2.49. The van der Waals surface area contributed by atoms with Gasteiger partial charge in [0, 0.05) is 1.43 Å². The first-order chi connectivity index (χ1) is 7.16. The fourth-order valence-corrected chi connectivity index (χ4v) is 0. The van der Waals surface area contributed by atoms with Crippen LogP contribution in [0.1, 0.15) is 76.6 Å². The molecule has 0 bridgehead atoms. The number of hydrogen-bond donors (Lipinski definition) is 1. The predicted octanol–water partition coefficient (Wildman–Crippen LogP) is 7.04. The first-order valence-corrected chi connectivity index (χ1v) is 6.30. The summed E-state index contributed by atoms with van der Waals surface area (Å²) in [4.78, 5) is 0. The summed E-state index contributed by atoms with van der Waals surface area (Å²) >= 11 is 0. The zero-order valence-electron chi connectivity index (χ0n) is 13.6. The highest BCUT2D eigenvalue weighted by molar-refractivity contribution is 4.68. The van der Waals surface area contributed by atoms with Crippen LogP contribution in [0, 0.1) is 0 Å². The van der Waals surface area contributed by atoms with E-state index in [0.29, 0.717) is 0 Å². The number of hydrogen-bond acceptors (Lipinski definition) is 1. The Bertz CT molecular complexity index is 65.3. The highest BCUT2D eigenvalue weighted by Gasteiger charge is 1.36. The van der Waals surface area contributed by atoms with Crippen LogP contribution in [0.25, 0.3) is 0 Å². The molecule has 1 nitrogen and oxygen atoms in total. The van der Waals surface area contributed by atoms with Gasteiger partial charge in [0.05, 0.1) is 0 Å². The fraction of sp³-hybridized carbons (Fsp3) is 0.733. The van der Waals surface area contributed by atoms with E-state index in [1.54, 1.807) is 6.08 Å². The van der Waals surface area contributed by atoms with E-state index in [4.69, 9.17) is 0 Å². The van der Waals surface area contributed by atoms with Crippen molar-refractivity contribution in [1.82, 2.24) is 6.15 Å². The smallest absolute Gasteiger partial charge is 0 e. The maximum Gasteiger partial charge on any atom is 0 e. The third kappa shape index (κ3) is 10700. The summed E-state index contributed by atoms with van der Waals surface area (Å²) in [5, 5.41) is 0. The Morgan fingerprint density at radius 2 is 0.875 bits per heavy atom. The molecular weight excluding hydrogens is 194 g/mol. The molecule has 0 fully saturated rings. The molecule has 0 spiro atoms. The van der Waals surface area contributed by atoms with E-state index >= 15 is 0 Å². The van der Waals surface area contributed by atoms with Crippen molar-refractivity contribution in [3.63, 3.8) is 0 Å². The van der Waals surface area contributed by atoms with E-state index < -0.39 is 0 Å². The van der Waals surface area contributed by atoms with Gasteiger partial charge in [0.15, 0.2) is 0 Å². The van der Waals surface area contributed by atoms with Crippen LogP contribution in [-0.2, 0) is 0 Å². The van der Waals surface area contributed by atoms with Gasteiger partial charge in [0.1, 0.15) is 0 Å². The molecule has 1 heteroatoms. The molecule has 0 aliphatic heterocycles. The highest BCUT2D eigenvalue weighted by atomic mass is 14.0. The quantitative estimate of drug-likeness (QED) is 0.449.